The fourth-order valence-corrected chi connectivity index (χ4v) is 4.97. The Morgan fingerprint density at radius 2 is 1.91 bits per heavy atom. The van der Waals surface area contributed by atoms with E-state index in [-0.39, 0.29) is 18.4 Å². The number of nitrogens with zero attached hydrogens (tertiary/aromatic N) is 4. The van der Waals surface area contributed by atoms with Gasteiger partial charge in [-0.3, -0.25) is 14.3 Å². The summed E-state index contributed by atoms with van der Waals surface area (Å²) in [6.07, 6.45) is 10.5. The highest BCUT2D eigenvalue weighted by Crippen LogP contribution is 2.34. The molecule has 2 aliphatic rings. The predicted octanol–water partition coefficient (Wildman–Crippen LogP) is 4.07. The quantitative estimate of drug-likeness (QED) is 0.724. The highest BCUT2D eigenvalue weighted by Gasteiger charge is 2.26. The number of carbonyl (C=O) groups excluding carboxylic acids is 2. The molecule has 0 spiro atoms. The molecule has 1 unspecified atom stereocenters. The number of nitrogens with one attached hydrogen (secondary N) is 1. The van der Waals surface area contributed by atoms with Crippen molar-refractivity contribution in [3.63, 3.8) is 0 Å². The maximum atomic E-state index is 13.4. The van der Waals surface area contributed by atoms with Crippen LogP contribution in [0.25, 0.3) is 11.1 Å². The second-order valence-corrected chi connectivity index (χ2v) is 9.36. The SMILES string of the molecule is CC1=CC(C)=NC(=O)C1CNC(=O)c1cc(-c2cnn(C)c2)cc(N(C)C2CCCC2)c1C. The molecule has 1 aromatic carbocycles. The van der Waals surface area contributed by atoms with Crippen molar-refractivity contribution < 1.29 is 9.59 Å². The number of rotatable bonds is 6. The number of benzene rings is 1. The molecule has 0 bridgehead atoms. The van der Waals surface area contributed by atoms with Crippen LogP contribution in [0.1, 0.15) is 55.5 Å². The first-order valence-electron chi connectivity index (χ1n) is 11.7. The zero-order valence-corrected chi connectivity index (χ0v) is 20.2. The number of carbonyl (C=O) groups is 2. The van der Waals surface area contributed by atoms with Gasteiger partial charge in [-0.05, 0) is 62.9 Å². The van der Waals surface area contributed by atoms with Gasteiger partial charge in [-0.1, -0.05) is 18.4 Å². The van der Waals surface area contributed by atoms with E-state index in [1.54, 1.807) is 4.68 Å². The zero-order valence-electron chi connectivity index (χ0n) is 20.2. The van der Waals surface area contributed by atoms with Crippen LogP contribution < -0.4 is 10.2 Å². The molecular weight excluding hydrogens is 414 g/mol. The summed E-state index contributed by atoms with van der Waals surface area (Å²) in [7, 11) is 4.01. The zero-order chi connectivity index (χ0) is 23.7. The summed E-state index contributed by atoms with van der Waals surface area (Å²) in [6.45, 7) is 5.97. The van der Waals surface area contributed by atoms with Crippen molar-refractivity contribution in [2.45, 2.75) is 52.5 Å². The van der Waals surface area contributed by atoms with Crippen molar-refractivity contribution in [3.05, 3.63) is 47.3 Å². The first-order valence-corrected chi connectivity index (χ1v) is 11.7. The summed E-state index contributed by atoms with van der Waals surface area (Å²) in [5.74, 6) is -0.790. The van der Waals surface area contributed by atoms with Crippen molar-refractivity contribution in [3.8, 4) is 11.1 Å². The lowest BCUT2D eigenvalue weighted by atomic mass is 9.95. The van der Waals surface area contributed by atoms with Crippen LogP contribution in [0.3, 0.4) is 0 Å². The molecule has 7 heteroatoms. The summed E-state index contributed by atoms with van der Waals surface area (Å²) in [4.78, 5) is 32.1. The van der Waals surface area contributed by atoms with E-state index in [1.165, 1.54) is 25.7 Å². The molecule has 4 rings (SSSR count). The van der Waals surface area contributed by atoms with Gasteiger partial charge >= 0.3 is 0 Å². The molecule has 1 N–H and O–H groups in total. The molecule has 2 amide bonds. The molecule has 1 fully saturated rings. The highest BCUT2D eigenvalue weighted by atomic mass is 16.2. The van der Waals surface area contributed by atoms with Gasteiger partial charge in [0, 0.05) is 55.4 Å². The number of aromatic nitrogens is 2. The molecule has 33 heavy (non-hydrogen) atoms. The molecule has 1 aromatic heterocycles. The monoisotopic (exact) mass is 447 g/mol. The van der Waals surface area contributed by atoms with Gasteiger partial charge in [-0.2, -0.15) is 5.10 Å². The van der Waals surface area contributed by atoms with Gasteiger partial charge in [-0.25, -0.2) is 4.99 Å². The van der Waals surface area contributed by atoms with E-state index < -0.39 is 5.92 Å². The second-order valence-electron chi connectivity index (χ2n) is 9.36. The Morgan fingerprint density at radius 3 is 2.55 bits per heavy atom. The average Bonchev–Trinajstić information content (AvgIpc) is 3.44. The summed E-state index contributed by atoms with van der Waals surface area (Å²) in [5.41, 5.74) is 6.21. The molecule has 2 heterocycles. The first kappa shape index (κ1) is 23.0. The molecule has 2 aromatic rings. The number of aliphatic imine (C=N–C) groups is 1. The minimum atomic E-state index is -0.417. The number of amides is 2. The van der Waals surface area contributed by atoms with Gasteiger partial charge in [0.2, 0.25) is 0 Å². The third kappa shape index (κ3) is 4.77. The molecule has 174 valence electrons. The average molecular weight is 448 g/mol. The Balaban J connectivity index is 1.64. The number of hydrogen-bond acceptors (Lipinski definition) is 4. The number of anilines is 1. The topological polar surface area (TPSA) is 79.6 Å². The van der Waals surface area contributed by atoms with Gasteiger partial charge < -0.3 is 10.2 Å². The van der Waals surface area contributed by atoms with Crippen LogP contribution in [-0.4, -0.2) is 46.9 Å². The molecular formula is C26H33N5O2. The first-order chi connectivity index (χ1) is 15.7. The van der Waals surface area contributed by atoms with Crippen LogP contribution >= 0.6 is 0 Å². The minimum Gasteiger partial charge on any atom is -0.371 e. The lowest BCUT2D eigenvalue weighted by molar-refractivity contribution is -0.120. The molecule has 1 atom stereocenters. The van der Waals surface area contributed by atoms with Crippen molar-refractivity contribution >= 4 is 23.2 Å². The largest absolute Gasteiger partial charge is 0.371 e. The van der Waals surface area contributed by atoms with Gasteiger partial charge in [-0.15, -0.1) is 0 Å². The van der Waals surface area contributed by atoms with Gasteiger partial charge in [0.15, 0.2) is 0 Å². The van der Waals surface area contributed by atoms with Crippen LogP contribution in [0, 0.1) is 12.8 Å². The number of dihydropyridines is 1. The van der Waals surface area contributed by atoms with Crippen molar-refractivity contribution in [2.24, 2.45) is 18.0 Å². The fourth-order valence-electron chi connectivity index (χ4n) is 4.97. The lowest BCUT2D eigenvalue weighted by Crippen LogP contribution is -2.35. The van der Waals surface area contributed by atoms with Gasteiger partial charge in [0.05, 0.1) is 12.1 Å². The Hall–Kier alpha value is -3.22. The van der Waals surface area contributed by atoms with Crippen LogP contribution in [0.5, 0.6) is 0 Å². The van der Waals surface area contributed by atoms with Crippen molar-refractivity contribution in [1.29, 1.82) is 0 Å². The molecule has 1 saturated carbocycles. The smallest absolute Gasteiger partial charge is 0.254 e. The van der Waals surface area contributed by atoms with Crippen LogP contribution in [-0.2, 0) is 11.8 Å². The minimum absolute atomic E-state index is 0.175. The number of allylic oxidation sites excluding steroid dienone is 1. The standard InChI is InChI=1S/C26H33N5O2/c1-16-10-17(2)29-26(33)23(16)14-27-25(32)22-11-19(20-13-28-30(4)15-20)12-24(18(22)3)31(5)21-8-6-7-9-21/h10-13,15,21,23H,6-9,14H2,1-5H3,(H,27,32). The maximum Gasteiger partial charge on any atom is 0.254 e. The van der Waals surface area contributed by atoms with E-state index in [1.807, 2.05) is 52.4 Å². The van der Waals surface area contributed by atoms with E-state index >= 15 is 0 Å². The summed E-state index contributed by atoms with van der Waals surface area (Å²) in [5, 5.41) is 7.30. The second kappa shape index (κ2) is 9.33. The molecule has 0 saturated heterocycles. The van der Waals surface area contributed by atoms with E-state index in [2.05, 4.69) is 33.4 Å². The van der Waals surface area contributed by atoms with E-state index in [0.29, 0.717) is 17.3 Å². The number of aryl methyl sites for hydroxylation is 1. The maximum absolute atomic E-state index is 13.4. The van der Waals surface area contributed by atoms with E-state index in [9.17, 15) is 9.59 Å². The van der Waals surface area contributed by atoms with Gasteiger partial charge in [0.25, 0.3) is 11.8 Å². The molecule has 1 aliphatic carbocycles. The fraction of sp³-hybridized carbons (Fsp3) is 0.462. The van der Waals surface area contributed by atoms with E-state index in [0.717, 1.165) is 28.0 Å². The Bertz CT molecular complexity index is 1140. The Kier molecular flexibility index (Phi) is 6.49. The van der Waals surface area contributed by atoms with E-state index in [4.69, 9.17) is 0 Å². The summed E-state index contributed by atoms with van der Waals surface area (Å²) < 4.78 is 1.77. The Morgan fingerprint density at radius 1 is 1.18 bits per heavy atom. The third-order valence-electron chi connectivity index (χ3n) is 6.95. The third-order valence-corrected chi connectivity index (χ3v) is 6.95. The Labute approximate surface area is 195 Å². The van der Waals surface area contributed by atoms with Gasteiger partial charge in [0.1, 0.15) is 0 Å². The van der Waals surface area contributed by atoms with Crippen molar-refractivity contribution in [1.82, 2.24) is 15.1 Å². The van der Waals surface area contributed by atoms with Crippen LogP contribution in [0.15, 0.2) is 41.2 Å². The molecule has 1 aliphatic heterocycles. The summed E-state index contributed by atoms with van der Waals surface area (Å²) in [6, 6.07) is 4.58. The highest BCUT2D eigenvalue weighted by molar-refractivity contribution is 6.06. The number of hydrogen-bond donors (Lipinski definition) is 1. The van der Waals surface area contributed by atoms with Crippen LogP contribution in [0.4, 0.5) is 5.69 Å². The normalized spacial score (nSPS) is 18.8. The molecule has 7 nitrogen and oxygen atoms in total. The van der Waals surface area contributed by atoms with Crippen molar-refractivity contribution in [2.75, 3.05) is 18.5 Å². The summed E-state index contributed by atoms with van der Waals surface area (Å²) >= 11 is 0. The van der Waals surface area contributed by atoms with Crippen LogP contribution in [0.2, 0.25) is 0 Å². The molecule has 0 radical (unpaired) electrons. The lowest BCUT2D eigenvalue weighted by Gasteiger charge is -2.29. The predicted molar refractivity (Wildman–Crippen MR) is 132 cm³/mol.